The van der Waals surface area contributed by atoms with Gasteiger partial charge in [-0.25, -0.2) is 13.8 Å². The first-order valence-electron chi connectivity index (χ1n) is 12.3. The maximum absolute atomic E-state index is 14.2. The van der Waals surface area contributed by atoms with Gasteiger partial charge in [-0.3, -0.25) is 14.4 Å². The van der Waals surface area contributed by atoms with E-state index < -0.39 is 53.0 Å². The predicted octanol–water partition coefficient (Wildman–Crippen LogP) is 1.55. The number of fused-ring (bicyclic) bond motifs is 1. The van der Waals surface area contributed by atoms with Crippen molar-refractivity contribution >= 4 is 23.3 Å². The van der Waals surface area contributed by atoms with Crippen LogP contribution in [0.15, 0.2) is 53.6 Å². The fourth-order valence-electron chi connectivity index (χ4n) is 4.75. The molecule has 0 spiro atoms. The minimum absolute atomic E-state index is 0.103. The van der Waals surface area contributed by atoms with Gasteiger partial charge < -0.3 is 21.1 Å². The lowest BCUT2D eigenvalue weighted by molar-refractivity contribution is -0.137. The Balaban J connectivity index is 1.59. The van der Waals surface area contributed by atoms with Gasteiger partial charge in [0.05, 0.1) is 22.7 Å². The number of ether oxygens (including phenoxy) is 1. The minimum Gasteiger partial charge on any atom is -0.488 e. The molecule has 2 heterocycles. The van der Waals surface area contributed by atoms with Crippen molar-refractivity contribution in [1.29, 1.82) is 0 Å². The lowest BCUT2D eigenvalue weighted by Crippen LogP contribution is -2.62. The number of halogens is 2. The fourth-order valence-corrected chi connectivity index (χ4v) is 4.75. The van der Waals surface area contributed by atoms with Gasteiger partial charge in [0.1, 0.15) is 18.5 Å². The van der Waals surface area contributed by atoms with Crippen LogP contribution >= 0.6 is 0 Å². The number of carbonyl (C=O) groups is 3. The van der Waals surface area contributed by atoms with Gasteiger partial charge in [0.2, 0.25) is 5.91 Å². The molecule has 0 aliphatic carbocycles. The van der Waals surface area contributed by atoms with Crippen LogP contribution in [0.1, 0.15) is 25.8 Å². The summed E-state index contributed by atoms with van der Waals surface area (Å²) >= 11 is 0. The van der Waals surface area contributed by atoms with E-state index in [1.165, 1.54) is 18.9 Å². The standard InChI is InChI=1S/C27H31F2N5O4/c1-26(2,30)24(36)32-20(15-38-21-10-9-17(28)11-18(21)29)23(35)19-13-27(12-16-7-5-4-6-8-16)22(14-31-19)33-34(3)25(27)37/h4-11,19-20,31H,12-15,30H2,1-3H3,(H,32,36)/t19?,20-,27-/m1/s1. The predicted molar refractivity (Wildman–Crippen MR) is 136 cm³/mol. The molecule has 4 rings (SSSR count). The van der Waals surface area contributed by atoms with Gasteiger partial charge >= 0.3 is 0 Å². The quantitative estimate of drug-likeness (QED) is 0.454. The summed E-state index contributed by atoms with van der Waals surface area (Å²) < 4.78 is 33.0. The molecule has 0 bridgehead atoms. The lowest BCUT2D eigenvalue weighted by Gasteiger charge is -2.38. The van der Waals surface area contributed by atoms with Crippen LogP contribution in [0, 0.1) is 17.0 Å². The molecule has 2 amide bonds. The summed E-state index contributed by atoms with van der Waals surface area (Å²) in [5.74, 6) is -3.29. The van der Waals surface area contributed by atoms with E-state index in [-0.39, 0.29) is 24.6 Å². The average Bonchev–Trinajstić information content (AvgIpc) is 3.11. The Labute approximate surface area is 219 Å². The van der Waals surface area contributed by atoms with Crippen molar-refractivity contribution in [2.24, 2.45) is 16.3 Å². The fraction of sp³-hybridized carbons (Fsp3) is 0.407. The second-order valence-electron chi connectivity index (χ2n) is 10.3. The largest absolute Gasteiger partial charge is 0.488 e. The molecular weight excluding hydrogens is 496 g/mol. The third kappa shape index (κ3) is 5.58. The second-order valence-corrected chi connectivity index (χ2v) is 10.3. The van der Waals surface area contributed by atoms with E-state index in [1.54, 1.807) is 7.05 Å². The van der Waals surface area contributed by atoms with E-state index in [0.29, 0.717) is 18.2 Å². The van der Waals surface area contributed by atoms with Gasteiger partial charge in [0, 0.05) is 19.7 Å². The average molecular weight is 528 g/mol. The number of benzene rings is 2. The van der Waals surface area contributed by atoms with Crippen LogP contribution in [0.3, 0.4) is 0 Å². The van der Waals surface area contributed by atoms with Crippen LogP contribution in [-0.2, 0) is 20.8 Å². The highest BCUT2D eigenvalue weighted by molar-refractivity contribution is 6.14. The zero-order valence-electron chi connectivity index (χ0n) is 21.5. The highest BCUT2D eigenvalue weighted by Crippen LogP contribution is 2.39. The Morgan fingerprint density at radius 2 is 1.97 bits per heavy atom. The van der Waals surface area contributed by atoms with E-state index in [1.807, 2.05) is 30.3 Å². The van der Waals surface area contributed by atoms with Gasteiger partial charge in [-0.15, -0.1) is 0 Å². The molecular formula is C27H31F2N5O4. The Morgan fingerprint density at radius 1 is 1.26 bits per heavy atom. The normalized spacial score (nSPS) is 21.9. The lowest BCUT2D eigenvalue weighted by atomic mass is 9.69. The second kappa shape index (κ2) is 10.6. The minimum atomic E-state index is -1.31. The summed E-state index contributed by atoms with van der Waals surface area (Å²) in [6, 6.07) is 10.2. The Hall–Kier alpha value is -3.70. The van der Waals surface area contributed by atoms with Crippen LogP contribution in [0.2, 0.25) is 0 Å². The molecule has 9 nitrogen and oxygen atoms in total. The SMILES string of the molecule is CN1N=C2CNC(C(=O)[C@@H](COc3ccc(F)cc3F)NC(=O)C(C)(C)N)C[C@@]2(Cc2ccccc2)C1=O. The molecule has 202 valence electrons. The van der Waals surface area contributed by atoms with Gasteiger partial charge in [-0.1, -0.05) is 30.3 Å². The number of nitrogens with zero attached hydrogens (tertiary/aromatic N) is 2. The van der Waals surface area contributed by atoms with E-state index in [0.717, 1.165) is 17.7 Å². The Morgan fingerprint density at radius 3 is 2.63 bits per heavy atom. The zero-order chi connectivity index (χ0) is 27.7. The molecule has 1 saturated heterocycles. The summed E-state index contributed by atoms with van der Waals surface area (Å²) in [5, 5.41) is 11.4. The molecule has 4 N–H and O–H groups in total. The van der Waals surface area contributed by atoms with Crippen LogP contribution in [-0.4, -0.2) is 66.1 Å². The molecule has 2 aliphatic rings. The molecule has 3 atom stereocenters. The van der Waals surface area contributed by atoms with E-state index in [2.05, 4.69) is 15.7 Å². The first-order valence-corrected chi connectivity index (χ1v) is 12.3. The molecule has 0 saturated carbocycles. The summed E-state index contributed by atoms with van der Waals surface area (Å²) in [6.45, 7) is 2.72. The number of nitrogens with two attached hydrogens (primary N) is 1. The summed E-state index contributed by atoms with van der Waals surface area (Å²) in [7, 11) is 1.58. The van der Waals surface area contributed by atoms with Crippen LogP contribution < -0.4 is 21.1 Å². The Bertz CT molecular complexity index is 1260. The number of Topliss-reactive ketones (excluding diaryl/α,β-unsaturated/α-hetero) is 1. The monoisotopic (exact) mass is 527 g/mol. The van der Waals surface area contributed by atoms with Crippen molar-refractivity contribution in [3.63, 3.8) is 0 Å². The van der Waals surface area contributed by atoms with Crippen LogP contribution in [0.5, 0.6) is 5.75 Å². The highest BCUT2D eigenvalue weighted by atomic mass is 19.1. The van der Waals surface area contributed by atoms with Crippen molar-refractivity contribution in [3.05, 3.63) is 65.7 Å². The van der Waals surface area contributed by atoms with Gasteiger partial charge in [0.25, 0.3) is 5.91 Å². The van der Waals surface area contributed by atoms with Crippen LogP contribution in [0.4, 0.5) is 8.78 Å². The number of hydrogen-bond donors (Lipinski definition) is 3. The number of hydrazone groups is 1. The first-order chi connectivity index (χ1) is 17.9. The van der Waals surface area contributed by atoms with Crippen molar-refractivity contribution in [3.8, 4) is 5.75 Å². The molecule has 2 aromatic rings. The zero-order valence-corrected chi connectivity index (χ0v) is 21.5. The smallest absolute Gasteiger partial charge is 0.254 e. The van der Waals surface area contributed by atoms with Crippen molar-refractivity contribution in [2.75, 3.05) is 20.2 Å². The molecule has 0 radical (unpaired) electrons. The van der Waals surface area contributed by atoms with E-state index >= 15 is 0 Å². The molecule has 38 heavy (non-hydrogen) atoms. The topological polar surface area (TPSA) is 126 Å². The number of ketones is 1. The number of nitrogens with one attached hydrogen (secondary N) is 2. The number of carbonyl (C=O) groups excluding carboxylic acids is 3. The van der Waals surface area contributed by atoms with Gasteiger partial charge in [-0.05, 0) is 44.4 Å². The number of amides is 2. The first kappa shape index (κ1) is 27.3. The number of rotatable bonds is 9. The summed E-state index contributed by atoms with van der Waals surface area (Å²) in [5.41, 5.74) is 5.12. The van der Waals surface area contributed by atoms with Crippen molar-refractivity contribution < 1.29 is 27.9 Å². The third-order valence-corrected chi connectivity index (χ3v) is 6.82. The van der Waals surface area contributed by atoms with E-state index in [4.69, 9.17) is 10.5 Å². The Kier molecular flexibility index (Phi) is 7.61. The van der Waals surface area contributed by atoms with E-state index in [9.17, 15) is 23.2 Å². The molecule has 1 fully saturated rings. The van der Waals surface area contributed by atoms with Crippen molar-refractivity contribution in [2.45, 2.75) is 44.3 Å². The molecule has 1 unspecified atom stereocenters. The molecule has 0 aromatic heterocycles. The number of hydrogen-bond acceptors (Lipinski definition) is 7. The summed E-state index contributed by atoms with van der Waals surface area (Å²) in [4.78, 5) is 39.9. The molecule has 11 heteroatoms. The van der Waals surface area contributed by atoms with Gasteiger partial charge in [0.15, 0.2) is 17.3 Å². The molecule has 2 aliphatic heterocycles. The maximum atomic E-state index is 14.2. The third-order valence-electron chi connectivity index (χ3n) is 6.82. The maximum Gasteiger partial charge on any atom is 0.254 e. The highest BCUT2D eigenvalue weighted by Gasteiger charge is 2.54. The van der Waals surface area contributed by atoms with Gasteiger partial charge in [-0.2, -0.15) is 5.10 Å². The summed E-state index contributed by atoms with van der Waals surface area (Å²) in [6.07, 6.45) is 0.456. The number of piperidine rings is 1. The van der Waals surface area contributed by atoms with Crippen molar-refractivity contribution in [1.82, 2.24) is 15.6 Å². The molecule has 2 aromatic carbocycles. The van der Waals surface area contributed by atoms with Crippen LogP contribution in [0.25, 0.3) is 0 Å².